The Morgan fingerprint density at radius 1 is 1.30 bits per heavy atom. The Balaban J connectivity index is 2.33. The Kier molecular flexibility index (Phi) is 4.45. The van der Waals surface area contributed by atoms with Crippen LogP contribution in [0.5, 0.6) is 0 Å². The Bertz CT molecular complexity index is 600. The summed E-state index contributed by atoms with van der Waals surface area (Å²) in [5.41, 5.74) is 6.90. The highest BCUT2D eigenvalue weighted by Gasteiger charge is 2.16. The molecule has 4 nitrogen and oxygen atoms in total. The van der Waals surface area contributed by atoms with Crippen LogP contribution in [0, 0.1) is 0 Å². The minimum absolute atomic E-state index is 0.0997. The van der Waals surface area contributed by atoms with E-state index < -0.39 is 0 Å². The molecule has 2 rings (SSSR count). The lowest BCUT2D eigenvalue weighted by molar-refractivity contribution is 0.723. The van der Waals surface area contributed by atoms with Crippen molar-refractivity contribution in [3.8, 4) is 0 Å². The van der Waals surface area contributed by atoms with E-state index in [0.29, 0.717) is 5.82 Å². The molecular formula is C15H19ClN4. The fourth-order valence-electron chi connectivity index (χ4n) is 2.06. The number of rotatable bonds is 4. The van der Waals surface area contributed by atoms with Gasteiger partial charge in [-0.15, -0.1) is 0 Å². The van der Waals surface area contributed by atoms with Gasteiger partial charge in [0.1, 0.15) is 17.5 Å². The van der Waals surface area contributed by atoms with Crippen molar-refractivity contribution < 1.29 is 0 Å². The van der Waals surface area contributed by atoms with E-state index in [-0.39, 0.29) is 6.04 Å². The first kappa shape index (κ1) is 14.6. The first-order chi connectivity index (χ1) is 9.52. The number of nitrogen functional groups attached to an aromatic ring is 1. The van der Waals surface area contributed by atoms with E-state index in [4.69, 9.17) is 17.3 Å². The van der Waals surface area contributed by atoms with Crippen LogP contribution in [0.2, 0.25) is 5.02 Å². The molecule has 0 radical (unpaired) electrons. The molecule has 20 heavy (non-hydrogen) atoms. The second-order valence-electron chi connectivity index (χ2n) is 4.73. The van der Waals surface area contributed by atoms with Gasteiger partial charge in [-0.25, -0.2) is 9.97 Å². The Morgan fingerprint density at radius 3 is 2.65 bits per heavy atom. The number of benzene rings is 1. The molecule has 1 heterocycles. The molecule has 0 amide bonds. The van der Waals surface area contributed by atoms with E-state index in [1.165, 1.54) is 0 Å². The fourth-order valence-corrected chi connectivity index (χ4v) is 2.36. The molecule has 1 unspecified atom stereocenters. The summed E-state index contributed by atoms with van der Waals surface area (Å²) in [7, 11) is 1.98. The van der Waals surface area contributed by atoms with Crippen molar-refractivity contribution in [3.63, 3.8) is 0 Å². The summed E-state index contributed by atoms with van der Waals surface area (Å²) >= 11 is 6.26. The number of anilines is 2. The van der Waals surface area contributed by atoms with E-state index >= 15 is 0 Å². The lowest BCUT2D eigenvalue weighted by Gasteiger charge is -2.27. The lowest BCUT2D eigenvalue weighted by atomic mass is 10.1. The van der Waals surface area contributed by atoms with Gasteiger partial charge in [-0.2, -0.15) is 0 Å². The maximum atomic E-state index is 6.26. The Morgan fingerprint density at radius 2 is 2.00 bits per heavy atom. The highest BCUT2D eigenvalue weighted by atomic mass is 35.5. The molecule has 0 bridgehead atoms. The molecule has 0 aliphatic carbocycles. The summed E-state index contributed by atoms with van der Waals surface area (Å²) in [6.45, 7) is 4.10. The number of nitrogens with two attached hydrogens (primary N) is 1. The topological polar surface area (TPSA) is 55.0 Å². The van der Waals surface area contributed by atoms with Crippen LogP contribution in [-0.4, -0.2) is 17.0 Å². The van der Waals surface area contributed by atoms with Crippen LogP contribution < -0.4 is 10.6 Å². The highest BCUT2D eigenvalue weighted by molar-refractivity contribution is 6.31. The van der Waals surface area contributed by atoms with Crippen LogP contribution in [0.3, 0.4) is 0 Å². The largest absolute Gasteiger partial charge is 0.384 e. The van der Waals surface area contributed by atoms with Crippen LogP contribution in [0.1, 0.15) is 31.3 Å². The maximum Gasteiger partial charge on any atom is 0.134 e. The molecular weight excluding hydrogens is 272 g/mol. The smallest absolute Gasteiger partial charge is 0.134 e. The second kappa shape index (κ2) is 6.09. The van der Waals surface area contributed by atoms with Crippen LogP contribution in [0.25, 0.3) is 0 Å². The number of nitrogens with zero attached hydrogens (tertiary/aromatic N) is 3. The van der Waals surface area contributed by atoms with Gasteiger partial charge in [0.2, 0.25) is 0 Å². The molecule has 0 spiro atoms. The van der Waals surface area contributed by atoms with Gasteiger partial charge in [-0.3, -0.25) is 0 Å². The zero-order valence-electron chi connectivity index (χ0n) is 12.0. The van der Waals surface area contributed by atoms with Crippen molar-refractivity contribution in [2.24, 2.45) is 0 Å². The van der Waals surface area contributed by atoms with Gasteiger partial charge in [-0.05, 0) is 18.6 Å². The van der Waals surface area contributed by atoms with Crippen LogP contribution in [0.15, 0.2) is 30.3 Å². The van der Waals surface area contributed by atoms with E-state index in [9.17, 15) is 0 Å². The van der Waals surface area contributed by atoms with Crippen molar-refractivity contribution in [1.29, 1.82) is 0 Å². The van der Waals surface area contributed by atoms with Crippen molar-refractivity contribution in [2.45, 2.75) is 26.3 Å². The number of hydrogen-bond donors (Lipinski definition) is 1. The summed E-state index contributed by atoms with van der Waals surface area (Å²) in [4.78, 5) is 10.8. The minimum atomic E-state index is 0.0997. The quantitative estimate of drug-likeness (QED) is 0.937. The number of aryl methyl sites for hydroxylation is 1. The first-order valence-corrected chi connectivity index (χ1v) is 7.01. The zero-order chi connectivity index (χ0) is 14.7. The van der Waals surface area contributed by atoms with Crippen LogP contribution in [-0.2, 0) is 6.42 Å². The predicted molar refractivity (Wildman–Crippen MR) is 84.1 cm³/mol. The Labute approximate surface area is 124 Å². The zero-order valence-corrected chi connectivity index (χ0v) is 12.7. The third kappa shape index (κ3) is 3.02. The monoisotopic (exact) mass is 290 g/mol. The average molecular weight is 291 g/mol. The SMILES string of the molecule is CCc1nc(N)cc(N(C)C(C)c2ccccc2Cl)n1. The fraction of sp³-hybridized carbons (Fsp3) is 0.333. The molecule has 1 atom stereocenters. The van der Waals surface area contributed by atoms with Gasteiger partial charge in [0.25, 0.3) is 0 Å². The normalized spacial score (nSPS) is 12.2. The lowest BCUT2D eigenvalue weighted by Crippen LogP contribution is -2.23. The van der Waals surface area contributed by atoms with Gasteiger partial charge in [0.15, 0.2) is 0 Å². The Hall–Kier alpha value is -1.81. The molecule has 0 fully saturated rings. The van der Waals surface area contributed by atoms with Gasteiger partial charge in [0, 0.05) is 24.6 Å². The molecule has 106 valence electrons. The molecule has 2 aromatic rings. The van der Waals surface area contributed by atoms with Crippen LogP contribution >= 0.6 is 11.6 Å². The number of hydrogen-bond acceptors (Lipinski definition) is 4. The summed E-state index contributed by atoms with van der Waals surface area (Å²) < 4.78 is 0. The summed E-state index contributed by atoms with van der Waals surface area (Å²) in [6, 6.07) is 9.71. The molecule has 0 saturated carbocycles. The van der Waals surface area contributed by atoms with Crippen molar-refractivity contribution in [2.75, 3.05) is 17.7 Å². The summed E-state index contributed by atoms with van der Waals surface area (Å²) in [6.07, 6.45) is 0.756. The van der Waals surface area contributed by atoms with Gasteiger partial charge < -0.3 is 10.6 Å². The average Bonchev–Trinajstić information content (AvgIpc) is 2.45. The van der Waals surface area contributed by atoms with E-state index in [2.05, 4.69) is 21.8 Å². The predicted octanol–water partition coefficient (Wildman–Crippen LogP) is 3.47. The third-order valence-electron chi connectivity index (χ3n) is 3.39. The first-order valence-electron chi connectivity index (χ1n) is 6.63. The maximum absolute atomic E-state index is 6.26. The molecule has 0 aliphatic rings. The standard InChI is InChI=1S/C15H19ClN4/c1-4-14-18-13(17)9-15(19-14)20(3)10(2)11-7-5-6-8-12(11)16/h5-10H,4H2,1-3H3,(H2,17,18,19). The second-order valence-corrected chi connectivity index (χ2v) is 5.14. The molecule has 5 heteroatoms. The van der Waals surface area contributed by atoms with Crippen molar-refractivity contribution in [3.05, 3.63) is 46.7 Å². The van der Waals surface area contributed by atoms with E-state index in [1.807, 2.05) is 38.2 Å². The van der Waals surface area contributed by atoms with Crippen molar-refractivity contribution >= 4 is 23.2 Å². The van der Waals surface area contributed by atoms with E-state index in [1.54, 1.807) is 6.07 Å². The number of halogens is 1. The van der Waals surface area contributed by atoms with Gasteiger partial charge >= 0.3 is 0 Å². The molecule has 1 aromatic carbocycles. The van der Waals surface area contributed by atoms with Crippen molar-refractivity contribution in [1.82, 2.24) is 9.97 Å². The van der Waals surface area contributed by atoms with Gasteiger partial charge in [-0.1, -0.05) is 36.7 Å². The number of aromatic nitrogens is 2. The molecule has 2 N–H and O–H groups in total. The van der Waals surface area contributed by atoms with E-state index in [0.717, 1.165) is 28.6 Å². The third-order valence-corrected chi connectivity index (χ3v) is 3.74. The minimum Gasteiger partial charge on any atom is -0.384 e. The highest BCUT2D eigenvalue weighted by Crippen LogP contribution is 2.29. The van der Waals surface area contributed by atoms with Gasteiger partial charge in [0.05, 0.1) is 6.04 Å². The van der Waals surface area contributed by atoms with Crippen LogP contribution in [0.4, 0.5) is 11.6 Å². The summed E-state index contributed by atoms with van der Waals surface area (Å²) in [5.74, 6) is 2.05. The molecule has 0 aliphatic heterocycles. The molecule has 1 aromatic heterocycles. The summed E-state index contributed by atoms with van der Waals surface area (Å²) in [5, 5.41) is 0.754. The molecule has 0 saturated heterocycles.